The average Bonchev–Trinajstić information content (AvgIpc) is 3.27. The molecule has 0 bridgehead atoms. The summed E-state index contributed by atoms with van der Waals surface area (Å²) < 4.78 is 5.06. The van der Waals surface area contributed by atoms with Crippen molar-refractivity contribution >= 4 is 11.8 Å². The first-order valence-electron chi connectivity index (χ1n) is 11.1. The minimum atomic E-state index is -0.450. The van der Waals surface area contributed by atoms with Crippen molar-refractivity contribution in [2.75, 3.05) is 6.61 Å². The summed E-state index contributed by atoms with van der Waals surface area (Å²) in [7, 11) is 0. The molecule has 0 spiro atoms. The standard InChI is InChI=1S/C16H23NO3.C8H15N/c1-4-20-16(19)15(17-12(2)13(3)18)11-10-14-8-6-5-7-9-14;1-6-5-7-3-2-4-8(7)9-6/h5-9,12,15,17H,4,10-11H2,1-3H3;6-9H,2-5H2,1H3/t12-,15-;6-,7?,8?/m01/s1. The van der Waals surface area contributed by atoms with E-state index in [9.17, 15) is 9.59 Å². The predicted octanol–water partition coefficient (Wildman–Crippen LogP) is 3.65. The van der Waals surface area contributed by atoms with Crippen molar-refractivity contribution in [1.29, 1.82) is 0 Å². The van der Waals surface area contributed by atoms with E-state index in [0.29, 0.717) is 13.0 Å². The van der Waals surface area contributed by atoms with Crippen LogP contribution < -0.4 is 10.6 Å². The van der Waals surface area contributed by atoms with Gasteiger partial charge in [-0.15, -0.1) is 0 Å². The lowest BCUT2D eigenvalue weighted by atomic mass is 10.0. The third-order valence-corrected chi connectivity index (χ3v) is 6.01. The van der Waals surface area contributed by atoms with Gasteiger partial charge in [-0.1, -0.05) is 36.8 Å². The molecule has 1 aliphatic heterocycles. The van der Waals surface area contributed by atoms with Gasteiger partial charge in [0.05, 0.1) is 12.6 Å². The van der Waals surface area contributed by atoms with Gasteiger partial charge in [-0.25, -0.2) is 0 Å². The van der Waals surface area contributed by atoms with E-state index in [4.69, 9.17) is 4.74 Å². The van der Waals surface area contributed by atoms with Crippen LogP contribution in [0, 0.1) is 5.92 Å². The largest absolute Gasteiger partial charge is 0.465 e. The molecule has 1 saturated carbocycles. The molecule has 0 amide bonds. The van der Waals surface area contributed by atoms with E-state index < -0.39 is 6.04 Å². The van der Waals surface area contributed by atoms with Crippen molar-refractivity contribution in [2.24, 2.45) is 5.92 Å². The van der Waals surface area contributed by atoms with Gasteiger partial charge in [0, 0.05) is 12.1 Å². The van der Waals surface area contributed by atoms with E-state index in [1.54, 1.807) is 13.8 Å². The maximum atomic E-state index is 11.9. The Balaban J connectivity index is 0.000000272. The Morgan fingerprint density at radius 1 is 1.24 bits per heavy atom. The molecule has 5 atom stereocenters. The second-order valence-electron chi connectivity index (χ2n) is 8.43. The summed E-state index contributed by atoms with van der Waals surface area (Å²) in [5, 5.41) is 6.66. The Morgan fingerprint density at radius 3 is 2.59 bits per heavy atom. The van der Waals surface area contributed by atoms with Crippen LogP contribution in [0.4, 0.5) is 0 Å². The number of Topliss-reactive ketones (excluding diaryl/α,β-unsaturated/α-hetero) is 1. The summed E-state index contributed by atoms with van der Waals surface area (Å²) in [5.41, 5.74) is 1.17. The Hall–Kier alpha value is -1.72. The van der Waals surface area contributed by atoms with Crippen LogP contribution in [-0.2, 0) is 20.7 Å². The molecule has 5 heteroatoms. The van der Waals surface area contributed by atoms with Crippen molar-refractivity contribution in [3.63, 3.8) is 0 Å². The van der Waals surface area contributed by atoms with E-state index in [0.717, 1.165) is 24.4 Å². The summed E-state index contributed by atoms with van der Waals surface area (Å²) in [6.07, 6.45) is 7.21. The zero-order valence-corrected chi connectivity index (χ0v) is 18.4. The molecule has 2 N–H and O–H groups in total. The zero-order chi connectivity index (χ0) is 21.2. The van der Waals surface area contributed by atoms with Crippen molar-refractivity contribution in [1.82, 2.24) is 10.6 Å². The summed E-state index contributed by atoms with van der Waals surface area (Å²) in [4.78, 5) is 23.2. The van der Waals surface area contributed by atoms with Crippen LogP contribution >= 0.6 is 0 Å². The Bertz CT molecular complexity index is 622. The van der Waals surface area contributed by atoms with Gasteiger partial charge >= 0.3 is 5.97 Å². The van der Waals surface area contributed by atoms with Gasteiger partial charge in [0.25, 0.3) is 0 Å². The Labute approximate surface area is 176 Å². The minimum Gasteiger partial charge on any atom is -0.465 e. The molecule has 1 aromatic rings. The van der Waals surface area contributed by atoms with E-state index >= 15 is 0 Å². The van der Waals surface area contributed by atoms with Crippen LogP contribution in [0.1, 0.15) is 65.4 Å². The molecule has 5 nitrogen and oxygen atoms in total. The van der Waals surface area contributed by atoms with Crippen molar-refractivity contribution in [3.8, 4) is 0 Å². The first kappa shape index (κ1) is 23.6. The van der Waals surface area contributed by atoms with Crippen molar-refractivity contribution in [3.05, 3.63) is 35.9 Å². The molecule has 1 aliphatic carbocycles. The summed E-state index contributed by atoms with van der Waals surface area (Å²) in [5.74, 6) is 0.760. The van der Waals surface area contributed by atoms with Gasteiger partial charge in [0.15, 0.2) is 0 Å². The van der Waals surface area contributed by atoms with Gasteiger partial charge in [0.1, 0.15) is 11.8 Å². The van der Waals surface area contributed by atoms with Crippen LogP contribution in [0.25, 0.3) is 0 Å². The first-order chi connectivity index (χ1) is 13.9. The summed E-state index contributed by atoms with van der Waals surface area (Å²) >= 11 is 0. The number of ether oxygens (including phenoxy) is 1. The van der Waals surface area contributed by atoms with Crippen molar-refractivity contribution in [2.45, 2.75) is 90.4 Å². The van der Waals surface area contributed by atoms with E-state index in [2.05, 4.69) is 17.6 Å². The minimum absolute atomic E-state index is 0.0130. The predicted molar refractivity (Wildman–Crippen MR) is 117 cm³/mol. The van der Waals surface area contributed by atoms with E-state index in [-0.39, 0.29) is 17.8 Å². The lowest BCUT2D eigenvalue weighted by Gasteiger charge is -2.20. The van der Waals surface area contributed by atoms with Crippen LogP contribution in [0.3, 0.4) is 0 Å². The lowest BCUT2D eigenvalue weighted by Crippen LogP contribution is -2.46. The van der Waals surface area contributed by atoms with Crippen LogP contribution in [0.5, 0.6) is 0 Å². The molecule has 1 aromatic carbocycles. The fourth-order valence-corrected chi connectivity index (χ4v) is 4.31. The molecule has 2 aliphatic rings. The number of hydrogen-bond donors (Lipinski definition) is 2. The number of nitrogens with one attached hydrogen (secondary N) is 2. The highest BCUT2D eigenvalue weighted by molar-refractivity contribution is 5.82. The van der Waals surface area contributed by atoms with E-state index in [1.165, 1.54) is 38.2 Å². The summed E-state index contributed by atoms with van der Waals surface area (Å²) in [6.45, 7) is 7.70. The average molecular weight is 403 g/mol. The number of fused-ring (bicyclic) bond motifs is 1. The number of esters is 1. The Kier molecular flexibility index (Phi) is 9.82. The normalized spacial score (nSPS) is 24.8. The fraction of sp³-hybridized carbons (Fsp3) is 0.667. The third kappa shape index (κ3) is 7.90. The quantitative estimate of drug-likeness (QED) is 0.650. The van der Waals surface area contributed by atoms with Gasteiger partial charge < -0.3 is 10.1 Å². The number of ketones is 1. The second-order valence-corrected chi connectivity index (χ2v) is 8.43. The molecule has 1 saturated heterocycles. The summed E-state index contributed by atoms with van der Waals surface area (Å²) in [6, 6.07) is 10.9. The van der Waals surface area contributed by atoms with Crippen molar-refractivity contribution < 1.29 is 14.3 Å². The number of carbonyl (C=O) groups is 2. The third-order valence-electron chi connectivity index (χ3n) is 6.01. The van der Waals surface area contributed by atoms with Gasteiger partial charge in [-0.05, 0) is 71.3 Å². The molecule has 1 heterocycles. The SMILES string of the molecule is CCOC(=O)[C@H](CCc1ccccc1)N[C@@H](C)C(C)=O.C[C@@H]1CC2CCCC2N1. The zero-order valence-electron chi connectivity index (χ0n) is 18.4. The molecule has 162 valence electrons. The van der Waals surface area contributed by atoms with Crippen LogP contribution in [0.2, 0.25) is 0 Å². The number of hydrogen-bond acceptors (Lipinski definition) is 5. The first-order valence-corrected chi connectivity index (χ1v) is 11.1. The Morgan fingerprint density at radius 2 is 1.97 bits per heavy atom. The van der Waals surface area contributed by atoms with Crippen LogP contribution in [-0.4, -0.2) is 42.5 Å². The highest BCUT2D eigenvalue weighted by Crippen LogP contribution is 2.34. The number of benzene rings is 1. The molecule has 0 aromatic heterocycles. The number of carbonyl (C=O) groups excluding carboxylic acids is 2. The van der Waals surface area contributed by atoms with Crippen LogP contribution in [0.15, 0.2) is 30.3 Å². The number of aryl methyl sites for hydroxylation is 1. The molecular formula is C24H38N2O3. The van der Waals surface area contributed by atoms with E-state index in [1.807, 2.05) is 30.3 Å². The fourth-order valence-electron chi connectivity index (χ4n) is 4.31. The maximum absolute atomic E-state index is 11.9. The molecule has 3 rings (SSSR count). The van der Waals surface area contributed by atoms with Gasteiger partial charge in [-0.3, -0.25) is 14.9 Å². The van der Waals surface area contributed by atoms with Gasteiger partial charge in [0.2, 0.25) is 0 Å². The highest BCUT2D eigenvalue weighted by atomic mass is 16.5. The smallest absolute Gasteiger partial charge is 0.323 e. The monoisotopic (exact) mass is 402 g/mol. The number of rotatable bonds is 8. The molecule has 29 heavy (non-hydrogen) atoms. The second kappa shape index (κ2) is 12.1. The lowest BCUT2D eigenvalue weighted by molar-refractivity contribution is -0.146. The molecular weight excluding hydrogens is 364 g/mol. The molecule has 0 radical (unpaired) electrons. The van der Waals surface area contributed by atoms with Gasteiger partial charge in [-0.2, -0.15) is 0 Å². The maximum Gasteiger partial charge on any atom is 0.323 e. The molecule has 2 fully saturated rings. The molecule has 2 unspecified atom stereocenters. The topological polar surface area (TPSA) is 67.4 Å². The highest BCUT2D eigenvalue weighted by Gasteiger charge is 2.34.